The zero-order valence-electron chi connectivity index (χ0n) is 14.5. The van der Waals surface area contributed by atoms with Gasteiger partial charge in [0, 0.05) is 17.8 Å². The summed E-state index contributed by atoms with van der Waals surface area (Å²) in [6.45, 7) is 4.75. The van der Waals surface area contributed by atoms with Gasteiger partial charge in [0.05, 0.1) is 0 Å². The van der Waals surface area contributed by atoms with Crippen LogP contribution in [-0.2, 0) is 0 Å². The SMILES string of the molecule is C[C@H]1CC(c2ccccc2)C[C@H](C)N1c1ccc2ccccc2c1. The Balaban J connectivity index is 1.62. The van der Waals surface area contributed by atoms with Crippen molar-refractivity contribution in [3.05, 3.63) is 78.4 Å². The second kappa shape index (κ2) is 6.32. The van der Waals surface area contributed by atoms with Crippen molar-refractivity contribution < 1.29 is 0 Å². The molecule has 0 N–H and O–H groups in total. The summed E-state index contributed by atoms with van der Waals surface area (Å²) in [5.41, 5.74) is 2.86. The first-order valence-corrected chi connectivity index (χ1v) is 9.04. The predicted molar refractivity (Wildman–Crippen MR) is 104 cm³/mol. The summed E-state index contributed by atoms with van der Waals surface area (Å²) in [6.07, 6.45) is 2.45. The molecule has 1 heteroatoms. The maximum atomic E-state index is 2.62. The third-order valence-electron chi connectivity index (χ3n) is 5.50. The summed E-state index contributed by atoms with van der Waals surface area (Å²) in [7, 11) is 0. The van der Waals surface area contributed by atoms with E-state index in [4.69, 9.17) is 0 Å². The molecule has 4 rings (SSSR count). The van der Waals surface area contributed by atoms with E-state index in [9.17, 15) is 0 Å². The minimum Gasteiger partial charge on any atom is -0.366 e. The lowest BCUT2D eigenvalue weighted by Gasteiger charge is -2.44. The monoisotopic (exact) mass is 315 g/mol. The van der Waals surface area contributed by atoms with E-state index in [-0.39, 0.29) is 0 Å². The van der Waals surface area contributed by atoms with E-state index in [0.29, 0.717) is 18.0 Å². The van der Waals surface area contributed by atoms with Crippen LogP contribution in [0.25, 0.3) is 10.8 Å². The van der Waals surface area contributed by atoms with Crippen molar-refractivity contribution in [1.82, 2.24) is 0 Å². The predicted octanol–water partition coefficient (Wildman–Crippen LogP) is 6.00. The van der Waals surface area contributed by atoms with Gasteiger partial charge in [-0.25, -0.2) is 0 Å². The molecule has 1 saturated heterocycles. The fraction of sp³-hybridized carbons (Fsp3) is 0.304. The van der Waals surface area contributed by atoms with Crippen molar-refractivity contribution in [2.24, 2.45) is 0 Å². The van der Waals surface area contributed by atoms with Crippen LogP contribution in [0.2, 0.25) is 0 Å². The number of nitrogens with zero attached hydrogens (tertiary/aromatic N) is 1. The largest absolute Gasteiger partial charge is 0.366 e. The van der Waals surface area contributed by atoms with Crippen LogP contribution in [0.3, 0.4) is 0 Å². The van der Waals surface area contributed by atoms with Crippen molar-refractivity contribution in [3.63, 3.8) is 0 Å². The number of piperidine rings is 1. The second-order valence-corrected chi connectivity index (χ2v) is 7.22. The molecule has 0 spiro atoms. The molecule has 24 heavy (non-hydrogen) atoms. The summed E-state index contributed by atoms with van der Waals surface area (Å²) in [6, 6.07) is 27.7. The van der Waals surface area contributed by atoms with Crippen LogP contribution in [0.15, 0.2) is 72.8 Å². The van der Waals surface area contributed by atoms with Gasteiger partial charge in [-0.3, -0.25) is 0 Å². The van der Waals surface area contributed by atoms with E-state index in [0.717, 1.165) is 0 Å². The highest BCUT2D eigenvalue weighted by Crippen LogP contribution is 2.38. The number of hydrogen-bond donors (Lipinski definition) is 0. The van der Waals surface area contributed by atoms with E-state index in [1.54, 1.807) is 0 Å². The standard InChI is InChI=1S/C23H25N/c1-17-14-22(19-8-4-3-5-9-19)15-18(2)24(17)23-13-12-20-10-6-7-11-21(20)16-23/h3-13,16-18,22H,14-15H2,1-2H3/t17-,18-/m0/s1. The van der Waals surface area contributed by atoms with Gasteiger partial charge >= 0.3 is 0 Å². The van der Waals surface area contributed by atoms with Gasteiger partial charge in [0.1, 0.15) is 0 Å². The van der Waals surface area contributed by atoms with Crippen molar-refractivity contribution in [2.45, 2.75) is 44.7 Å². The Morgan fingerprint density at radius 1 is 0.708 bits per heavy atom. The lowest BCUT2D eigenvalue weighted by atomic mass is 9.82. The first-order valence-electron chi connectivity index (χ1n) is 9.04. The molecule has 0 unspecified atom stereocenters. The number of rotatable bonds is 2. The summed E-state index contributed by atoms with van der Waals surface area (Å²) in [4.78, 5) is 2.62. The summed E-state index contributed by atoms with van der Waals surface area (Å²) in [5, 5.41) is 2.65. The Morgan fingerprint density at radius 3 is 2.04 bits per heavy atom. The zero-order chi connectivity index (χ0) is 16.5. The molecule has 2 atom stereocenters. The van der Waals surface area contributed by atoms with E-state index in [1.807, 2.05) is 0 Å². The highest BCUT2D eigenvalue weighted by atomic mass is 15.2. The first kappa shape index (κ1) is 15.3. The summed E-state index contributed by atoms with van der Waals surface area (Å²) in [5.74, 6) is 0.674. The van der Waals surface area contributed by atoms with E-state index in [1.165, 1.54) is 34.9 Å². The number of hydrogen-bond acceptors (Lipinski definition) is 1. The van der Waals surface area contributed by atoms with Gasteiger partial charge in [0.25, 0.3) is 0 Å². The van der Waals surface area contributed by atoms with Gasteiger partial charge in [-0.05, 0) is 61.1 Å². The molecular formula is C23H25N. The lowest BCUT2D eigenvalue weighted by Crippen LogP contribution is -2.46. The van der Waals surface area contributed by atoms with E-state index < -0.39 is 0 Å². The molecule has 0 bridgehead atoms. The summed E-state index contributed by atoms with van der Waals surface area (Å²) < 4.78 is 0. The highest BCUT2D eigenvalue weighted by Gasteiger charge is 2.31. The molecule has 0 radical (unpaired) electrons. The minimum atomic E-state index is 0.556. The average molecular weight is 315 g/mol. The fourth-order valence-corrected chi connectivity index (χ4v) is 4.42. The number of anilines is 1. The first-order chi connectivity index (χ1) is 11.7. The van der Waals surface area contributed by atoms with Crippen molar-refractivity contribution >= 4 is 16.5 Å². The van der Waals surface area contributed by atoms with Gasteiger partial charge in [0.15, 0.2) is 0 Å². The molecule has 3 aromatic carbocycles. The quantitative estimate of drug-likeness (QED) is 0.560. The van der Waals surface area contributed by atoms with E-state index in [2.05, 4.69) is 91.5 Å². The number of fused-ring (bicyclic) bond motifs is 1. The maximum absolute atomic E-state index is 2.62. The molecular weight excluding hydrogens is 290 g/mol. The molecule has 3 aromatic rings. The molecule has 122 valence electrons. The average Bonchev–Trinajstić information content (AvgIpc) is 2.62. The molecule has 0 saturated carbocycles. The van der Waals surface area contributed by atoms with Crippen molar-refractivity contribution in [3.8, 4) is 0 Å². The van der Waals surface area contributed by atoms with Crippen molar-refractivity contribution in [2.75, 3.05) is 4.90 Å². The molecule has 0 aromatic heterocycles. The van der Waals surface area contributed by atoms with Crippen LogP contribution < -0.4 is 4.90 Å². The van der Waals surface area contributed by atoms with Crippen LogP contribution in [0, 0.1) is 0 Å². The van der Waals surface area contributed by atoms with Crippen LogP contribution >= 0.6 is 0 Å². The third kappa shape index (κ3) is 2.80. The van der Waals surface area contributed by atoms with Crippen LogP contribution in [0.4, 0.5) is 5.69 Å². The van der Waals surface area contributed by atoms with Crippen molar-refractivity contribution in [1.29, 1.82) is 0 Å². The highest BCUT2D eigenvalue weighted by molar-refractivity contribution is 5.86. The maximum Gasteiger partial charge on any atom is 0.0377 e. The molecule has 0 amide bonds. The summed E-state index contributed by atoms with van der Waals surface area (Å²) >= 11 is 0. The van der Waals surface area contributed by atoms with Crippen LogP contribution in [0.5, 0.6) is 0 Å². The smallest absolute Gasteiger partial charge is 0.0377 e. The third-order valence-corrected chi connectivity index (χ3v) is 5.50. The molecule has 1 aliphatic heterocycles. The van der Waals surface area contributed by atoms with Gasteiger partial charge in [0.2, 0.25) is 0 Å². The van der Waals surface area contributed by atoms with Gasteiger partial charge < -0.3 is 4.90 Å². The Bertz CT molecular complexity index is 812. The Labute approximate surface area is 144 Å². The Morgan fingerprint density at radius 2 is 1.33 bits per heavy atom. The lowest BCUT2D eigenvalue weighted by molar-refractivity contribution is 0.371. The second-order valence-electron chi connectivity index (χ2n) is 7.22. The van der Waals surface area contributed by atoms with Crippen LogP contribution in [-0.4, -0.2) is 12.1 Å². The van der Waals surface area contributed by atoms with E-state index >= 15 is 0 Å². The fourth-order valence-electron chi connectivity index (χ4n) is 4.42. The Kier molecular flexibility index (Phi) is 4.02. The minimum absolute atomic E-state index is 0.556. The Hall–Kier alpha value is -2.28. The van der Waals surface area contributed by atoms with Gasteiger partial charge in [-0.2, -0.15) is 0 Å². The molecule has 1 heterocycles. The molecule has 1 fully saturated rings. The zero-order valence-corrected chi connectivity index (χ0v) is 14.5. The normalized spacial score (nSPS) is 24.2. The molecule has 0 aliphatic carbocycles. The van der Waals surface area contributed by atoms with Gasteiger partial charge in [-0.15, -0.1) is 0 Å². The topological polar surface area (TPSA) is 3.24 Å². The number of benzene rings is 3. The molecule has 1 nitrogen and oxygen atoms in total. The van der Waals surface area contributed by atoms with Gasteiger partial charge in [-0.1, -0.05) is 60.7 Å². The molecule has 1 aliphatic rings. The van der Waals surface area contributed by atoms with Crippen LogP contribution in [0.1, 0.15) is 38.2 Å².